The zero-order chi connectivity index (χ0) is 52.2. The molecule has 21 heteroatoms. The molecule has 1 fully saturated rings. The molecule has 0 aliphatic heterocycles. The third-order valence-corrected chi connectivity index (χ3v) is 12.6. The van der Waals surface area contributed by atoms with Crippen LogP contribution in [0.1, 0.15) is 149 Å². The number of esters is 2. The summed E-state index contributed by atoms with van der Waals surface area (Å²) in [5.74, 6) is -1.55. The molecule has 0 heterocycles. The second-order valence-corrected chi connectivity index (χ2v) is 20.0. The van der Waals surface area contributed by atoms with Crippen LogP contribution < -0.4 is 0 Å². The number of hydrogen-bond acceptors (Lipinski definition) is 16. The Morgan fingerprint density at radius 1 is 0.557 bits per heavy atom. The van der Waals surface area contributed by atoms with Gasteiger partial charge in [0.05, 0.1) is 24.9 Å². The molecule has 0 radical (unpaired) electrons. The normalized spacial score (nSPS) is 23.0. The zero-order valence-corrected chi connectivity index (χ0v) is 42.8. The molecule has 1 saturated carbocycles. The first-order chi connectivity index (χ1) is 33.3. The van der Waals surface area contributed by atoms with E-state index < -0.39 is 102 Å². The Balaban J connectivity index is 2.73. The van der Waals surface area contributed by atoms with Gasteiger partial charge < -0.3 is 59.9 Å². The van der Waals surface area contributed by atoms with Crippen LogP contribution in [0.3, 0.4) is 0 Å². The van der Waals surface area contributed by atoms with Crippen LogP contribution in [0, 0.1) is 0 Å². The molecule has 0 aromatic rings. The first-order valence-corrected chi connectivity index (χ1v) is 27.8. The Hall–Kier alpha value is -2.68. The van der Waals surface area contributed by atoms with Gasteiger partial charge in [0, 0.05) is 12.8 Å². The molecule has 1 aliphatic rings. The number of phosphoric ester groups is 2. The van der Waals surface area contributed by atoms with Gasteiger partial charge in [0.25, 0.3) is 0 Å². The van der Waals surface area contributed by atoms with E-state index in [-0.39, 0.29) is 25.7 Å². The molecule has 1 rings (SSSR count). The van der Waals surface area contributed by atoms with Gasteiger partial charge in [-0.3, -0.25) is 23.2 Å². The van der Waals surface area contributed by atoms with Crippen LogP contribution in [0.25, 0.3) is 0 Å². The molecule has 10 N–H and O–H groups in total. The predicted molar refractivity (Wildman–Crippen MR) is 264 cm³/mol. The van der Waals surface area contributed by atoms with Gasteiger partial charge in [-0.2, -0.15) is 0 Å². The minimum absolute atomic E-state index is 0.0206. The van der Waals surface area contributed by atoms with Gasteiger partial charge in [-0.15, -0.1) is 0 Å². The number of allylic oxidation sites excluding steroid dienone is 10. The maximum atomic E-state index is 13.0. The molecular formula is C49H84O19P2. The van der Waals surface area contributed by atoms with Crippen molar-refractivity contribution >= 4 is 27.6 Å². The number of rotatable bonds is 40. The van der Waals surface area contributed by atoms with Gasteiger partial charge in [0.1, 0.15) is 43.2 Å². The third-order valence-electron chi connectivity index (χ3n) is 11.1. The second kappa shape index (κ2) is 38.9. The Labute approximate surface area is 414 Å². The summed E-state index contributed by atoms with van der Waals surface area (Å²) in [6.07, 6.45) is 20.4. The van der Waals surface area contributed by atoms with Gasteiger partial charge >= 0.3 is 27.6 Å². The SMILES string of the molecule is CCCCC/C=C\C/C=C\CCCCCCCCCC(=O)OC[C@H](COP(=O)(O)O[C@H]1C(O)C(O)C(O)[C@@H](OP(=O)(O)O)C1O)OC(=O)CCC[C@H](O)[C@@H](O)/C=C/C=C/C=C\C=C\[C@@H](O)CCCCC. The minimum Gasteiger partial charge on any atom is -0.462 e. The van der Waals surface area contributed by atoms with Crippen LogP contribution in [0.5, 0.6) is 0 Å². The number of unbranched alkanes of at least 4 members (excludes halogenated alkanes) is 12. The fourth-order valence-electron chi connectivity index (χ4n) is 7.09. The van der Waals surface area contributed by atoms with E-state index >= 15 is 0 Å². The van der Waals surface area contributed by atoms with E-state index in [1.807, 2.05) is 0 Å². The van der Waals surface area contributed by atoms with E-state index in [1.165, 1.54) is 31.4 Å². The average Bonchev–Trinajstić information content (AvgIpc) is 3.31. The van der Waals surface area contributed by atoms with Crippen LogP contribution in [0.4, 0.5) is 0 Å². The molecule has 0 saturated heterocycles. The molecule has 11 atom stereocenters. The van der Waals surface area contributed by atoms with Crippen molar-refractivity contribution in [1.29, 1.82) is 0 Å². The number of aliphatic hydroxyl groups is 7. The summed E-state index contributed by atoms with van der Waals surface area (Å²) in [4.78, 5) is 54.4. The van der Waals surface area contributed by atoms with E-state index in [1.54, 1.807) is 36.5 Å². The highest BCUT2D eigenvalue weighted by atomic mass is 31.2. The minimum atomic E-state index is -5.41. The van der Waals surface area contributed by atoms with E-state index in [0.29, 0.717) is 12.8 Å². The topological polar surface area (TPSA) is 317 Å². The first-order valence-electron chi connectivity index (χ1n) is 24.8. The number of phosphoric acid groups is 2. The molecule has 0 aromatic carbocycles. The molecule has 0 aromatic heterocycles. The van der Waals surface area contributed by atoms with Crippen molar-refractivity contribution in [3.05, 3.63) is 72.9 Å². The van der Waals surface area contributed by atoms with Crippen molar-refractivity contribution in [2.24, 2.45) is 0 Å². The van der Waals surface area contributed by atoms with Crippen molar-refractivity contribution in [3.8, 4) is 0 Å². The highest BCUT2D eigenvalue weighted by molar-refractivity contribution is 7.47. The van der Waals surface area contributed by atoms with Crippen molar-refractivity contribution < 1.29 is 92.2 Å². The highest BCUT2D eigenvalue weighted by Crippen LogP contribution is 2.49. The lowest BCUT2D eigenvalue weighted by atomic mass is 9.85. The molecule has 0 amide bonds. The average molecular weight is 1040 g/mol. The molecule has 0 bridgehead atoms. The van der Waals surface area contributed by atoms with Crippen molar-refractivity contribution in [2.45, 2.75) is 210 Å². The van der Waals surface area contributed by atoms with Crippen LogP contribution in [0.2, 0.25) is 0 Å². The lowest BCUT2D eigenvalue weighted by molar-refractivity contribution is -0.216. The summed E-state index contributed by atoms with van der Waals surface area (Å²) >= 11 is 0. The summed E-state index contributed by atoms with van der Waals surface area (Å²) < 4.78 is 49.2. The van der Waals surface area contributed by atoms with Crippen LogP contribution in [0.15, 0.2) is 72.9 Å². The van der Waals surface area contributed by atoms with E-state index in [0.717, 1.165) is 77.0 Å². The maximum absolute atomic E-state index is 13.0. The lowest BCUT2D eigenvalue weighted by Gasteiger charge is -2.43. The standard InChI is InChI=1S/C49H84O19P2/c1-3-5-7-8-9-10-11-12-13-14-15-16-17-18-19-24-28-34-42(53)64-36-39(37-65-70(62,63)68-49-46(57)44(55)45(56)48(47(49)58)67-69(59,60)61)66-43(54)35-29-33-41(52)40(51)32-27-23-21-20-22-26-31-38(50)30-25-6-4-2/h9-10,12-13,20-23,26-27,31-32,38-41,44-52,55-58H,3-8,11,14-19,24-25,28-30,33-37H2,1-2H3,(H,62,63)(H2,59,60,61)/b10-9-,13-12-,22-20-,23-21+,31-26+,32-27+/t38-,39+,40-,41-,44?,45?,46?,47?,48+,49-/m0/s1. The molecule has 0 spiro atoms. The molecule has 1 aliphatic carbocycles. The fourth-order valence-corrected chi connectivity index (χ4v) is 8.62. The molecule has 70 heavy (non-hydrogen) atoms. The predicted octanol–water partition coefficient (Wildman–Crippen LogP) is 6.53. The van der Waals surface area contributed by atoms with Crippen LogP contribution in [-0.4, -0.2) is 137 Å². The fraction of sp³-hybridized carbons (Fsp3) is 0.714. The molecule has 19 nitrogen and oxygen atoms in total. The Kier molecular flexibility index (Phi) is 36.3. The van der Waals surface area contributed by atoms with Crippen LogP contribution >= 0.6 is 15.6 Å². The number of aliphatic hydroxyl groups excluding tert-OH is 7. The summed E-state index contributed by atoms with van der Waals surface area (Å²) in [5, 5.41) is 72.0. The number of carbonyl (C=O) groups is 2. The van der Waals surface area contributed by atoms with Crippen molar-refractivity contribution in [3.63, 3.8) is 0 Å². The monoisotopic (exact) mass is 1040 g/mol. The van der Waals surface area contributed by atoms with Gasteiger partial charge in [0.15, 0.2) is 6.10 Å². The molecule has 5 unspecified atom stereocenters. The van der Waals surface area contributed by atoms with Crippen LogP contribution in [-0.2, 0) is 41.8 Å². The largest absolute Gasteiger partial charge is 0.472 e. The van der Waals surface area contributed by atoms with Crippen molar-refractivity contribution in [2.75, 3.05) is 13.2 Å². The van der Waals surface area contributed by atoms with Gasteiger partial charge in [0.2, 0.25) is 0 Å². The Bertz CT molecular complexity index is 1680. The summed E-state index contributed by atoms with van der Waals surface area (Å²) in [5.41, 5.74) is 0. The van der Waals surface area contributed by atoms with Crippen molar-refractivity contribution in [1.82, 2.24) is 0 Å². The third kappa shape index (κ3) is 32.4. The Morgan fingerprint density at radius 3 is 1.70 bits per heavy atom. The number of hydrogen-bond donors (Lipinski definition) is 10. The van der Waals surface area contributed by atoms with Gasteiger partial charge in [-0.25, -0.2) is 9.13 Å². The Morgan fingerprint density at radius 2 is 1.09 bits per heavy atom. The zero-order valence-electron chi connectivity index (χ0n) is 41.0. The lowest BCUT2D eigenvalue weighted by Crippen LogP contribution is -2.64. The second-order valence-electron chi connectivity index (χ2n) is 17.4. The number of ether oxygens (including phenoxy) is 2. The summed E-state index contributed by atoms with van der Waals surface area (Å²) in [6, 6.07) is 0. The highest BCUT2D eigenvalue weighted by Gasteiger charge is 2.54. The van der Waals surface area contributed by atoms with Gasteiger partial charge in [-0.1, -0.05) is 151 Å². The maximum Gasteiger partial charge on any atom is 0.472 e. The summed E-state index contributed by atoms with van der Waals surface area (Å²) in [7, 11) is -10.8. The first kappa shape index (κ1) is 65.3. The van der Waals surface area contributed by atoms with Gasteiger partial charge in [-0.05, 0) is 57.8 Å². The van der Waals surface area contributed by atoms with E-state index in [2.05, 4.69) is 42.7 Å². The number of carbonyl (C=O) groups excluding carboxylic acids is 2. The molecule has 404 valence electrons. The van der Waals surface area contributed by atoms with E-state index in [9.17, 15) is 69.1 Å². The quantitative estimate of drug-likeness (QED) is 0.0102. The smallest absolute Gasteiger partial charge is 0.462 e. The molecular weight excluding hydrogens is 954 g/mol. The van der Waals surface area contributed by atoms with E-state index in [4.69, 9.17) is 18.5 Å². The summed E-state index contributed by atoms with van der Waals surface area (Å²) in [6.45, 7) is 2.69.